The van der Waals surface area contributed by atoms with Gasteiger partial charge in [0, 0.05) is 20.3 Å². The average molecular weight is 188 g/mol. The van der Waals surface area contributed by atoms with Crippen molar-refractivity contribution < 1.29 is 9.47 Å². The summed E-state index contributed by atoms with van der Waals surface area (Å²) in [5, 5.41) is 0. The smallest absolute Gasteiger partial charge is 0.0574 e. The molecule has 0 aliphatic heterocycles. The highest BCUT2D eigenvalue weighted by Gasteiger charge is 2.11. The second-order valence-electron chi connectivity index (χ2n) is 3.65. The standard InChI is InChI=1S/C11H24O2/c1-5-7-11(12-4)8-10(3)9-13-6-2/h10-11H,5-9H2,1-4H3. The number of methoxy groups -OCH3 is 1. The summed E-state index contributed by atoms with van der Waals surface area (Å²) in [5.74, 6) is 0.608. The molecule has 0 aromatic rings. The Labute approximate surface area is 82.6 Å². The van der Waals surface area contributed by atoms with Gasteiger partial charge in [-0.3, -0.25) is 0 Å². The lowest BCUT2D eigenvalue weighted by Gasteiger charge is -2.18. The summed E-state index contributed by atoms with van der Waals surface area (Å²) in [5.41, 5.74) is 0. The minimum Gasteiger partial charge on any atom is -0.381 e. The fourth-order valence-electron chi connectivity index (χ4n) is 1.49. The van der Waals surface area contributed by atoms with Crippen LogP contribution in [0.4, 0.5) is 0 Å². The fourth-order valence-corrected chi connectivity index (χ4v) is 1.49. The van der Waals surface area contributed by atoms with Gasteiger partial charge in [0.05, 0.1) is 6.10 Å². The molecular formula is C11H24O2. The van der Waals surface area contributed by atoms with Gasteiger partial charge in [-0.15, -0.1) is 0 Å². The van der Waals surface area contributed by atoms with Crippen LogP contribution < -0.4 is 0 Å². The van der Waals surface area contributed by atoms with E-state index in [9.17, 15) is 0 Å². The van der Waals surface area contributed by atoms with Gasteiger partial charge in [-0.1, -0.05) is 20.3 Å². The summed E-state index contributed by atoms with van der Waals surface area (Å²) < 4.78 is 10.7. The van der Waals surface area contributed by atoms with E-state index in [1.165, 1.54) is 6.42 Å². The van der Waals surface area contributed by atoms with Crippen molar-refractivity contribution in [3.63, 3.8) is 0 Å². The first-order valence-electron chi connectivity index (χ1n) is 5.35. The quantitative estimate of drug-likeness (QED) is 0.583. The Morgan fingerprint density at radius 3 is 2.38 bits per heavy atom. The van der Waals surface area contributed by atoms with Crippen molar-refractivity contribution in [1.82, 2.24) is 0 Å². The van der Waals surface area contributed by atoms with Gasteiger partial charge in [-0.25, -0.2) is 0 Å². The molecule has 0 heterocycles. The van der Waals surface area contributed by atoms with Gasteiger partial charge in [-0.05, 0) is 25.7 Å². The molecule has 0 radical (unpaired) electrons. The normalized spacial score (nSPS) is 15.7. The van der Waals surface area contributed by atoms with Crippen LogP contribution in [-0.2, 0) is 9.47 Å². The molecule has 0 aliphatic carbocycles. The third-order valence-corrected chi connectivity index (χ3v) is 2.22. The lowest BCUT2D eigenvalue weighted by Crippen LogP contribution is -2.17. The van der Waals surface area contributed by atoms with Crippen LogP contribution >= 0.6 is 0 Å². The number of hydrogen-bond donors (Lipinski definition) is 0. The van der Waals surface area contributed by atoms with E-state index < -0.39 is 0 Å². The first-order chi connectivity index (χ1) is 6.24. The zero-order chi connectivity index (χ0) is 10.1. The summed E-state index contributed by atoms with van der Waals surface area (Å²) >= 11 is 0. The molecule has 0 N–H and O–H groups in total. The van der Waals surface area contributed by atoms with Crippen LogP contribution in [0.15, 0.2) is 0 Å². The van der Waals surface area contributed by atoms with Crippen LogP contribution in [0.3, 0.4) is 0 Å². The maximum absolute atomic E-state index is 5.39. The number of ether oxygens (including phenoxy) is 2. The molecule has 80 valence electrons. The van der Waals surface area contributed by atoms with E-state index in [1.54, 1.807) is 7.11 Å². The molecular weight excluding hydrogens is 164 g/mol. The van der Waals surface area contributed by atoms with Crippen LogP contribution in [0, 0.1) is 5.92 Å². The highest BCUT2D eigenvalue weighted by molar-refractivity contribution is 4.62. The van der Waals surface area contributed by atoms with E-state index >= 15 is 0 Å². The monoisotopic (exact) mass is 188 g/mol. The summed E-state index contributed by atoms with van der Waals surface area (Å²) in [6.45, 7) is 8.12. The Bertz CT molecular complexity index is 104. The largest absolute Gasteiger partial charge is 0.381 e. The summed E-state index contributed by atoms with van der Waals surface area (Å²) in [6, 6.07) is 0. The molecule has 0 bridgehead atoms. The summed E-state index contributed by atoms with van der Waals surface area (Å²) in [7, 11) is 1.80. The van der Waals surface area contributed by atoms with Crippen molar-refractivity contribution in [2.24, 2.45) is 5.92 Å². The molecule has 0 fully saturated rings. The SMILES string of the molecule is CCCC(CC(C)COCC)OC. The third kappa shape index (κ3) is 7.03. The molecule has 0 amide bonds. The third-order valence-electron chi connectivity index (χ3n) is 2.22. The highest BCUT2D eigenvalue weighted by Crippen LogP contribution is 2.13. The summed E-state index contributed by atoms with van der Waals surface area (Å²) in [4.78, 5) is 0. The molecule has 2 nitrogen and oxygen atoms in total. The molecule has 0 aliphatic rings. The van der Waals surface area contributed by atoms with Gasteiger partial charge in [0.15, 0.2) is 0 Å². The molecule has 0 spiro atoms. The predicted octanol–water partition coefficient (Wildman–Crippen LogP) is 2.86. The molecule has 0 rings (SSSR count). The zero-order valence-corrected chi connectivity index (χ0v) is 9.51. The zero-order valence-electron chi connectivity index (χ0n) is 9.51. The van der Waals surface area contributed by atoms with Crippen molar-refractivity contribution in [3.8, 4) is 0 Å². The maximum Gasteiger partial charge on any atom is 0.0574 e. The highest BCUT2D eigenvalue weighted by atomic mass is 16.5. The first kappa shape index (κ1) is 12.9. The second-order valence-corrected chi connectivity index (χ2v) is 3.65. The van der Waals surface area contributed by atoms with Crippen molar-refractivity contribution in [2.45, 2.75) is 46.1 Å². The first-order valence-corrected chi connectivity index (χ1v) is 5.35. The lowest BCUT2D eigenvalue weighted by atomic mass is 10.0. The molecule has 13 heavy (non-hydrogen) atoms. The Morgan fingerprint density at radius 2 is 1.92 bits per heavy atom. The van der Waals surface area contributed by atoms with E-state index in [0.717, 1.165) is 26.1 Å². The Balaban J connectivity index is 3.53. The topological polar surface area (TPSA) is 18.5 Å². The van der Waals surface area contributed by atoms with Gasteiger partial charge in [0.2, 0.25) is 0 Å². The van der Waals surface area contributed by atoms with Gasteiger partial charge < -0.3 is 9.47 Å². The van der Waals surface area contributed by atoms with Gasteiger partial charge in [0.1, 0.15) is 0 Å². The Hall–Kier alpha value is -0.0800. The van der Waals surface area contributed by atoms with Crippen molar-refractivity contribution in [1.29, 1.82) is 0 Å². The van der Waals surface area contributed by atoms with Crippen molar-refractivity contribution in [2.75, 3.05) is 20.3 Å². The van der Waals surface area contributed by atoms with Crippen LogP contribution in [0.1, 0.15) is 40.0 Å². The molecule has 0 saturated heterocycles. The second kappa shape index (κ2) is 8.52. The van der Waals surface area contributed by atoms with Crippen LogP contribution in [0.5, 0.6) is 0 Å². The predicted molar refractivity (Wildman–Crippen MR) is 56.0 cm³/mol. The van der Waals surface area contributed by atoms with Crippen molar-refractivity contribution in [3.05, 3.63) is 0 Å². The molecule has 2 atom stereocenters. The van der Waals surface area contributed by atoms with E-state index in [4.69, 9.17) is 9.47 Å². The van der Waals surface area contributed by atoms with Crippen LogP contribution in [-0.4, -0.2) is 26.4 Å². The average Bonchev–Trinajstić information content (AvgIpc) is 2.14. The van der Waals surface area contributed by atoms with Crippen LogP contribution in [0.2, 0.25) is 0 Å². The number of rotatable bonds is 8. The minimum absolute atomic E-state index is 0.417. The van der Waals surface area contributed by atoms with Crippen molar-refractivity contribution >= 4 is 0 Å². The molecule has 2 unspecified atom stereocenters. The molecule has 0 saturated carbocycles. The van der Waals surface area contributed by atoms with E-state index in [-0.39, 0.29) is 0 Å². The molecule has 0 aromatic heterocycles. The maximum atomic E-state index is 5.39. The van der Waals surface area contributed by atoms with Gasteiger partial charge in [-0.2, -0.15) is 0 Å². The summed E-state index contributed by atoms with van der Waals surface area (Å²) in [6.07, 6.45) is 3.89. The van der Waals surface area contributed by atoms with E-state index in [2.05, 4.69) is 13.8 Å². The Kier molecular flexibility index (Phi) is 8.46. The van der Waals surface area contributed by atoms with E-state index in [1.807, 2.05) is 6.92 Å². The fraction of sp³-hybridized carbons (Fsp3) is 1.00. The molecule has 2 heteroatoms. The van der Waals surface area contributed by atoms with E-state index in [0.29, 0.717) is 12.0 Å². The van der Waals surface area contributed by atoms with Gasteiger partial charge >= 0.3 is 0 Å². The Morgan fingerprint density at radius 1 is 1.23 bits per heavy atom. The lowest BCUT2D eigenvalue weighted by molar-refractivity contribution is 0.0484. The van der Waals surface area contributed by atoms with Crippen LogP contribution in [0.25, 0.3) is 0 Å². The van der Waals surface area contributed by atoms with Gasteiger partial charge in [0.25, 0.3) is 0 Å². The number of hydrogen-bond acceptors (Lipinski definition) is 2. The minimum atomic E-state index is 0.417. The molecule has 0 aromatic carbocycles.